The Balaban J connectivity index is 0.000000161. The molecule has 13 saturated heterocycles. The third-order valence-electron chi connectivity index (χ3n) is 28.4. The predicted octanol–water partition coefficient (Wildman–Crippen LogP) is 17.3. The summed E-state index contributed by atoms with van der Waals surface area (Å²) in [6.45, 7) is 90.6. The summed E-state index contributed by atoms with van der Waals surface area (Å²) in [4.78, 5) is 43.6. The molecule has 15 atom stereocenters. The van der Waals surface area contributed by atoms with E-state index in [0.717, 1.165) is 149 Å². The number of fused-ring (bicyclic) bond motifs is 2. The third kappa shape index (κ3) is 26.5. The molecule has 106 heavy (non-hydrogen) atoms. The molecule has 13 nitrogen and oxygen atoms in total. The second kappa shape index (κ2) is 38.6. The average Bonchev–Trinajstić information content (AvgIpc) is 1.60. The van der Waals surface area contributed by atoms with E-state index in [-0.39, 0.29) is 23.0 Å². The molecule has 0 N–H and O–H groups in total. The van der Waals surface area contributed by atoms with Gasteiger partial charge in [-0.1, -0.05) is 69.2 Å². The van der Waals surface area contributed by atoms with E-state index in [9.17, 15) is 9.18 Å². The summed E-state index contributed by atoms with van der Waals surface area (Å²) in [6.07, 6.45) is 22.0. The number of amides is 1. The molecular formula is C92H179FN12O. The minimum Gasteiger partial charge on any atom is -0.339 e. The topological polar surface area (TPSA) is 56.0 Å². The van der Waals surface area contributed by atoms with E-state index in [0.29, 0.717) is 46.6 Å². The zero-order valence-electron chi connectivity index (χ0n) is 75.5. The van der Waals surface area contributed by atoms with Gasteiger partial charge in [0.1, 0.15) is 6.17 Å². The van der Waals surface area contributed by atoms with Crippen molar-refractivity contribution in [2.75, 3.05) is 137 Å². The molecule has 13 heterocycles. The first-order valence-corrected chi connectivity index (χ1v) is 45.4. The number of halogens is 1. The van der Waals surface area contributed by atoms with Crippen LogP contribution in [0.4, 0.5) is 4.39 Å². The molecule has 13 aliphatic rings. The average molecular weight is 1490 g/mol. The number of nitrogens with zero attached hydrogens (tertiary/aromatic N) is 12. The molecule has 0 aliphatic carbocycles. The van der Waals surface area contributed by atoms with Crippen molar-refractivity contribution in [2.24, 2.45) is 59.2 Å². The van der Waals surface area contributed by atoms with Gasteiger partial charge in [0.25, 0.3) is 0 Å². The largest absolute Gasteiger partial charge is 0.339 e. The van der Waals surface area contributed by atoms with E-state index in [2.05, 4.69) is 253 Å². The summed E-state index contributed by atoms with van der Waals surface area (Å²) in [6, 6.07) is 5.77. The van der Waals surface area contributed by atoms with Crippen LogP contribution in [-0.2, 0) is 4.79 Å². The zero-order valence-corrected chi connectivity index (χ0v) is 75.5. The van der Waals surface area contributed by atoms with Crippen molar-refractivity contribution in [3.63, 3.8) is 0 Å². The fraction of sp³-hybridized carbons (Fsp3) is 0.989. The molecule has 13 fully saturated rings. The fourth-order valence-electron chi connectivity index (χ4n) is 23.0. The van der Waals surface area contributed by atoms with Gasteiger partial charge in [0.15, 0.2) is 0 Å². The van der Waals surface area contributed by atoms with E-state index in [1.165, 1.54) is 175 Å². The van der Waals surface area contributed by atoms with Crippen molar-refractivity contribution in [1.82, 2.24) is 58.8 Å². The lowest BCUT2D eigenvalue weighted by Gasteiger charge is -2.53. The van der Waals surface area contributed by atoms with E-state index in [1.807, 2.05) is 0 Å². The van der Waals surface area contributed by atoms with Crippen LogP contribution in [0.1, 0.15) is 303 Å². The van der Waals surface area contributed by atoms with Gasteiger partial charge in [-0.25, -0.2) is 4.39 Å². The molecule has 13 aliphatic heterocycles. The van der Waals surface area contributed by atoms with E-state index in [4.69, 9.17) is 0 Å². The van der Waals surface area contributed by atoms with Crippen LogP contribution >= 0.6 is 0 Å². The molecule has 0 radical (unpaired) electrons. The minimum absolute atomic E-state index is 0.0950. The number of hydrogen-bond donors (Lipinski definition) is 0. The predicted molar refractivity (Wildman–Crippen MR) is 453 cm³/mol. The summed E-state index contributed by atoms with van der Waals surface area (Å²) in [5.41, 5.74) is 1.80. The summed E-state index contributed by atoms with van der Waals surface area (Å²) < 4.78 is 14.6. The molecule has 14 heteroatoms. The number of hydrogen-bond acceptors (Lipinski definition) is 12. The number of piperidine rings is 9. The molecule has 15 unspecified atom stereocenters. The van der Waals surface area contributed by atoms with Crippen LogP contribution < -0.4 is 0 Å². The number of likely N-dealkylation sites (tertiary alicyclic amines) is 11. The maximum Gasteiger partial charge on any atom is 0.225 e. The number of rotatable bonds is 6. The molecule has 620 valence electrons. The van der Waals surface area contributed by atoms with E-state index in [1.54, 1.807) is 0 Å². The van der Waals surface area contributed by atoms with Crippen molar-refractivity contribution in [1.29, 1.82) is 0 Å². The fourth-order valence-corrected chi connectivity index (χ4v) is 23.0. The van der Waals surface area contributed by atoms with Crippen LogP contribution in [0.5, 0.6) is 0 Å². The van der Waals surface area contributed by atoms with Crippen LogP contribution in [0.15, 0.2) is 0 Å². The quantitative estimate of drug-likeness (QED) is 0.255. The van der Waals surface area contributed by atoms with Gasteiger partial charge in [0.05, 0.1) is 0 Å². The Labute approximate surface area is 657 Å². The third-order valence-corrected chi connectivity index (χ3v) is 28.4. The van der Waals surface area contributed by atoms with Gasteiger partial charge in [-0.15, -0.1) is 0 Å². The van der Waals surface area contributed by atoms with Gasteiger partial charge in [-0.3, -0.25) is 53.8 Å². The lowest BCUT2D eigenvalue weighted by Crippen LogP contribution is -2.66. The van der Waals surface area contributed by atoms with Crippen molar-refractivity contribution in [3.05, 3.63) is 0 Å². The summed E-state index contributed by atoms with van der Waals surface area (Å²) in [7, 11) is 0. The van der Waals surface area contributed by atoms with E-state index < -0.39 is 6.17 Å². The summed E-state index contributed by atoms with van der Waals surface area (Å²) in [5, 5.41) is 0. The van der Waals surface area contributed by atoms with Crippen LogP contribution in [0, 0.1) is 59.2 Å². The molecule has 2 bridgehead atoms. The maximum absolute atomic E-state index is 14.6. The van der Waals surface area contributed by atoms with Crippen molar-refractivity contribution in [2.45, 2.75) is 391 Å². The number of carbonyl (C=O) groups excluding carboxylic acids is 1. The van der Waals surface area contributed by atoms with Gasteiger partial charge >= 0.3 is 0 Å². The Morgan fingerprint density at radius 1 is 0.264 bits per heavy atom. The minimum atomic E-state index is -0.689. The molecular weight excluding hydrogens is 1310 g/mol. The molecule has 0 aromatic heterocycles. The van der Waals surface area contributed by atoms with Gasteiger partial charge < -0.3 is 9.80 Å². The number of alkyl halides is 1. The number of carbonyl (C=O) groups is 1. The standard InChI is InChI=1S/C18H34N2.C16H31FN2.C16H30N2O.C15H30N2.C14H28N2.C13H26N2/c1-13-8-14(2)12-19(11-13)17-9-15-6-7-16(10-17)20(15)18(3,4)5;1-12-8-13(2)10-18(9-12)15-6-7-19(11-14(15)17)16(3,4)5;1-12-10-13(2)15(19)18(11-12)14-6-8-17(9-7-14)16(3,4)5;1-12-8-13(2)10-16(9-12)14-6-7-17(11-14)15(3,4)5;1-11-6-12(2)8-15(7-11)13-9-16(10-13)14(3,4)5;1-13(2,3)15-10-6-12(7-11-15)14-8-4-5-9-14/h13-17H,6-12H2,1-5H3;12-15H,6-11H2,1-5H3;12-14H,6-11H2,1-5H3;12-14H,6-11H2,1-5H3;11-13H,6-10H2,1-5H3;12H,4-11H2,1-3H3. The lowest BCUT2D eigenvalue weighted by molar-refractivity contribution is -0.143. The Morgan fingerprint density at radius 3 is 0.962 bits per heavy atom. The molecule has 0 saturated carbocycles. The highest BCUT2D eigenvalue weighted by Crippen LogP contribution is 2.44. The van der Waals surface area contributed by atoms with Crippen LogP contribution in [-0.4, -0.2) is 290 Å². The lowest BCUT2D eigenvalue weighted by atomic mass is 9.86. The Kier molecular flexibility index (Phi) is 33.0. The van der Waals surface area contributed by atoms with Gasteiger partial charge in [0, 0.05) is 212 Å². The molecule has 0 aromatic carbocycles. The first kappa shape index (κ1) is 90.5. The highest BCUT2D eigenvalue weighted by molar-refractivity contribution is 5.79. The first-order chi connectivity index (χ1) is 49.2. The zero-order chi connectivity index (χ0) is 78.3. The van der Waals surface area contributed by atoms with Gasteiger partial charge in [0.2, 0.25) is 5.91 Å². The van der Waals surface area contributed by atoms with Crippen molar-refractivity contribution < 1.29 is 9.18 Å². The SMILES string of the molecule is CC(C)(C)N1CCC(N2CCCC2)CC1.CC1CC(C)C(=O)N(C2CCN(C(C)(C)C)CC2)C1.CC1CC(C)CN(C2CC3CCC(C2)N3C(C)(C)C)C1.CC1CC(C)CN(C2CCN(C(C)(C)C)C2)C1.CC1CC(C)CN(C2CCN(C(C)(C)C)CC2F)C1.CC1CC(C)CN(C2CN(C(C)(C)C)C2)C1. The smallest absolute Gasteiger partial charge is 0.225 e. The second-order valence-corrected chi connectivity index (χ2v) is 45.2. The normalized spacial score (nSPS) is 36.3. The van der Waals surface area contributed by atoms with E-state index >= 15 is 0 Å². The summed E-state index contributed by atoms with van der Waals surface area (Å²) in [5.74, 6) is 8.09. The highest BCUT2D eigenvalue weighted by atomic mass is 19.1. The van der Waals surface area contributed by atoms with Crippen LogP contribution in [0.2, 0.25) is 0 Å². The van der Waals surface area contributed by atoms with Gasteiger partial charge in [-0.05, 0) is 300 Å². The molecule has 0 aromatic rings. The van der Waals surface area contributed by atoms with Crippen LogP contribution in [0.3, 0.4) is 0 Å². The first-order valence-electron chi connectivity index (χ1n) is 45.4. The van der Waals surface area contributed by atoms with Gasteiger partial charge in [-0.2, -0.15) is 0 Å². The maximum atomic E-state index is 14.6. The van der Waals surface area contributed by atoms with Crippen LogP contribution in [0.25, 0.3) is 0 Å². The molecule has 13 rings (SSSR count). The molecule has 0 spiro atoms. The Hall–Kier alpha value is -1.04. The second-order valence-electron chi connectivity index (χ2n) is 45.2. The monoisotopic (exact) mass is 1490 g/mol. The Bertz CT molecular complexity index is 2500. The molecule has 1 amide bonds. The Morgan fingerprint density at radius 2 is 0.585 bits per heavy atom. The van der Waals surface area contributed by atoms with Crippen molar-refractivity contribution in [3.8, 4) is 0 Å². The highest BCUT2D eigenvalue weighted by Gasteiger charge is 2.48. The summed E-state index contributed by atoms with van der Waals surface area (Å²) >= 11 is 0. The van der Waals surface area contributed by atoms with Crippen molar-refractivity contribution >= 4 is 5.91 Å².